The number of esters is 1. The molecule has 0 unspecified atom stereocenters. The minimum Gasteiger partial charge on any atom is -0.478 e. The van der Waals surface area contributed by atoms with E-state index in [9.17, 15) is 9.59 Å². The van der Waals surface area contributed by atoms with E-state index < -0.39 is 5.97 Å². The summed E-state index contributed by atoms with van der Waals surface area (Å²) >= 11 is 0. The van der Waals surface area contributed by atoms with Crippen LogP contribution in [0.3, 0.4) is 0 Å². The van der Waals surface area contributed by atoms with Crippen LogP contribution in [0.2, 0.25) is 0 Å². The van der Waals surface area contributed by atoms with Crippen LogP contribution in [0.5, 0.6) is 0 Å². The number of methoxy groups -OCH3 is 1. The third-order valence-electron chi connectivity index (χ3n) is 2.50. The molecule has 0 radical (unpaired) electrons. The van der Waals surface area contributed by atoms with Crippen LogP contribution in [0, 0.1) is 0 Å². The normalized spacial score (nSPS) is 9.18. The maximum Gasteiger partial charge on any atom is 0.333 e. The Labute approximate surface area is 130 Å². The number of hydrogen-bond acceptors (Lipinski definition) is 4. The van der Waals surface area contributed by atoms with E-state index in [1.807, 2.05) is 30.3 Å². The van der Waals surface area contributed by atoms with Gasteiger partial charge in [0.25, 0.3) is 0 Å². The van der Waals surface area contributed by atoms with E-state index in [1.54, 1.807) is 0 Å². The minimum atomic E-state index is -0.935. The highest BCUT2D eigenvalue weighted by Gasteiger charge is 2.05. The average molecular weight is 306 g/mol. The molecule has 0 bridgehead atoms. The summed E-state index contributed by atoms with van der Waals surface area (Å²) in [6.07, 6.45) is 0.500. The number of benzene rings is 1. The molecule has 1 aromatic carbocycles. The van der Waals surface area contributed by atoms with E-state index in [2.05, 4.69) is 17.9 Å². The summed E-state index contributed by atoms with van der Waals surface area (Å²) in [5, 5.41) is 7.89. The first-order chi connectivity index (χ1) is 10.4. The summed E-state index contributed by atoms with van der Waals surface area (Å²) in [7, 11) is 1.35. The van der Waals surface area contributed by atoms with Gasteiger partial charge in [-0.3, -0.25) is 0 Å². The second kappa shape index (κ2) is 11.3. The van der Waals surface area contributed by atoms with Crippen LogP contribution in [0.25, 0.3) is 0 Å². The molecule has 0 fully saturated rings. The van der Waals surface area contributed by atoms with Crippen LogP contribution in [-0.4, -0.2) is 30.8 Å². The molecule has 5 nitrogen and oxygen atoms in total. The number of carbonyl (C=O) groups is 2. The number of rotatable bonds is 7. The molecule has 0 spiro atoms. The summed E-state index contributed by atoms with van der Waals surface area (Å²) in [4.78, 5) is 20.6. The van der Waals surface area contributed by atoms with Gasteiger partial charge in [-0.1, -0.05) is 43.5 Å². The van der Waals surface area contributed by atoms with Crippen molar-refractivity contribution < 1.29 is 24.2 Å². The quantitative estimate of drug-likeness (QED) is 0.476. The third kappa shape index (κ3) is 9.50. The molecule has 0 amide bonds. The molecule has 22 heavy (non-hydrogen) atoms. The number of aliphatic carboxylic acids is 1. The fraction of sp³-hybridized carbons (Fsp3) is 0.294. The summed E-state index contributed by atoms with van der Waals surface area (Å²) < 4.78 is 9.95. The first kappa shape index (κ1) is 19.6. The monoisotopic (exact) mass is 306 g/mol. The second-order valence-corrected chi connectivity index (χ2v) is 4.47. The largest absolute Gasteiger partial charge is 0.478 e. The van der Waals surface area contributed by atoms with Crippen molar-refractivity contribution in [2.45, 2.75) is 20.0 Å². The minimum absolute atomic E-state index is 0.176. The molecule has 1 aromatic rings. The first-order valence-electron chi connectivity index (χ1n) is 6.65. The summed E-state index contributed by atoms with van der Waals surface area (Å²) in [6.45, 7) is 9.24. The van der Waals surface area contributed by atoms with E-state index in [-0.39, 0.29) is 11.5 Å². The van der Waals surface area contributed by atoms with Crippen LogP contribution >= 0.6 is 0 Å². The van der Waals surface area contributed by atoms with Gasteiger partial charge in [-0.05, 0) is 12.5 Å². The molecule has 0 aliphatic carbocycles. The van der Waals surface area contributed by atoms with E-state index >= 15 is 0 Å². The van der Waals surface area contributed by atoms with Crippen LogP contribution in [0.4, 0.5) is 0 Å². The third-order valence-corrected chi connectivity index (χ3v) is 2.50. The summed E-state index contributed by atoms with van der Waals surface area (Å²) in [6, 6.07) is 9.88. The SMILES string of the molecule is C=C(C)C(=O)O.C=C(CCOCc1ccccc1)C(=O)OC. The van der Waals surface area contributed by atoms with Crippen LogP contribution in [-0.2, 0) is 25.7 Å². The molecule has 5 heteroatoms. The number of carboxylic acids is 1. The number of carbonyl (C=O) groups excluding carboxylic acids is 1. The van der Waals surface area contributed by atoms with E-state index in [0.717, 1.165) is 5.56 Å². The van der Waals surface area contributed by atoms with Gasteiger partial charge in [0.15, 0.2) is 0 Å². The molecule has 0 atom stereocenters. The molecule has 0 aliphatic heterocycles. The van der Waals surface area contributed by atoms with Gasteiger partial charge in [0.1, 0.15) is 0 Å². The van der Waals surface area contributed by atoms with Gasteiger partial charge in [-0.25, -0.2) is 9.59 Å². The fourth-order valence-electron chi connectivity index (χ4n) is 1.21. The highest BCUT2D eigenvalue weighted by atomic mass is 16.5. The lowest BCUT2D eigenvalue weighted by Gasteiger charge is -2.05. The van der Waals surface area contributed by atoms with Crippen molar-refractivity contribution >= 4 is 11.9 Å². The summed E-state index contributed by atoms with van der Waals surface area (Å²) in [5.41, 5.74) is 1.73. The van der Waals surface area contributed by atoms with E-state index in [0.29, 0.717) is 25.2 Å². The number of carboxylic acid groups (broad SMARTS) is 1. The van der Waals surface area contributed by atoms with Crippen LogP contribution < -0.4 is 0 Å². The molecule has 120 valence electrons. The molecule has 1 rings (SSSR count). The molecule has 0 saturated heterocycles. The van der Waals surface area contributed by atoms with Gasteiger partial charge in [-0.2, -0.15) is 0 Å². The van der Waals surface area contributed by atoms with Gasteiger partial charge in [-0.15, -0.1) is 0 Å². The predicted molar refractivity (Wildman–Crippen MR) is 84.3 cm³/mol. The van der Waals surface area contributed by atoms with Crippen molar-refractivity contribution in [1.29, 1.82) is 0 Å². The molecular formula is C17H22O5. The van der Waals surface area contributed by atoms with Crippen LogP contribution in [0.15, 0.2) is 54.6 Å². The lowest BCUT2D eigenvalue weighted by molar-refractivity contribution is -0.136. The van der Waals surface area contributed by atoms with E-state index in [1.165, 1.54) is 14.0 Å². The molecule has 0 aromatic heterocycles. The Morgan fingerprint density at radius 2 is 1.73 bits per heavy atom. The van der Waals surface area contributed by atoms with Crippen molar-refractivity contribution in [2.24, 2.45) is 0 Å². The van der Waals surface area contributed by atoms with Crippen molar-refractivity contribution in [3.05, 3.63) is 60.2 Å². The zero-order valence-corrected chi connectivity index (χ0v) is 13.0. The van der Waals surface area contributed by atoms with Crippen molar-refractivity contribution in [3.63, 3.8) is 0 Å². The smallest absolute Gasteiger partial charge is 0.333 e. The maximum atomic E-state index is 11.0. The number of ether oxygens (including phenoxy) is 2. The predicted octanol–water partition coefficient (Wildman–Crippen LogP) is 2.97. The zero-order chi connectivity index (χ0) is 17.0. The van der Waals surface area contributed by atoms with Crippen LogP contribution in [0.1, 0.15) is 18.9 Å². The molecular weight excluding hydrogens is 284 g/mol. The highest BCUT2D eigenvalue weighted by molar-refractivity contribution is 5.87. The molecule has 0 heterocycles. The maximum absolute atomic E-state index is 11.0. The summed E-state index contributed by atoms with van der Waals surface area (Å²) in [5.74, 6) is -1.31. The zero-order valence-electron chi connectivity index (χ0n) is 13.0. The number of hydrogen-bond donors (Lipinski definition) is 1. The Morgan fingerprint density at radius 3 is 2.18 bits per heavy atom. The molecule has 0 saturated carbocycles. The Bertz CT molecular complexity index is 493. The second-order valence-electron chi connectivity index (χ2n) is 4.47. The van der Waals surface area contributed by atoms with Crippen molar-refractivity contribution in [1.82, 2.24) is 0 Å². The van der Waals surface area contributed by atoms with Gasteiger partial charge in [0.05, 0.1) is 20.3 Å². The highest BCUT2D eigenvalue weighted by Crippen LogP contribution is 2.04. The average Bonchev–Trinajstić information content (AvgIpc) is 2.52. The Hall–Kier alpha value is -2.40. The first-order valence-corrected chi connectivity index (χ1v) is 6.65. The Morgan fingerprint density at radius 1 is 1.18 bits per heavy atom. The van der Waals surface area contributed by atoms with Gasteiger partial charge >= 0.3 is 11.9 Å². The van der Waals surface area contributed by atoms with Gasteiger partial charge < -0.3 is 14.6 Å². The topological polar surface area (TPSA) is 72.8 Å². The fourth-order valence-corrected chi connectivity index (χ4v) is 1.21. The lowest BCUT2D eigenvalue weighted by Crippen LogP contribution is -2.06. The Kier molecular flexibility index (Phi) is 10.0. The van der Waals surface area contributed by atoms with Crippen molar-refractivity contribution in [2.75, 3.05) is 13.7 Å². The van der Waals surface area contributed by atoms with E-state index in [4.69, 9.17) is 9.84 Å². The van der Waals surface area contributed by atoms with Gasteiger partial charge in [0, 0.05) is 17.6 Å². The van der Waals surface area contributed by atoms with Crippen molar-refractivity contribution in [3.8, 4) is 0 Å². The van der Waals surface area contributed by atoms with Gasteiger partial charge in [0.2, 0.25) is 0 Å². The molecule has 0 aliphatic rings. The Balaban J connectivity index is 0.000000626. The molecule has 1 N–H and O–H groups in total. The lowest BCUT2D eigenvalue weighted by atomic mass is 10.2. The standard InChI is InChI=1S/C13H16O3.C4H6O2/c1-11(13(14)15-2)8-9-16-10-12-6-4-3-5-7-12;1-3(2)4(5)6/h3-7H,1,8-10H2,2H3;1H2,2H3,(H,5,6).